The number of carbonyl (C=O) groups is 2. The zero-order chi connectivity index (χ0) is 22.1. The van der Waals surface area contributed by atoms with Gasteiger partial charge in [-0.05, 0) is 26.0 Å². The van der Waals surface area contributed by atoms with Gasteiger partial charge in [0.2, 0.25) is 5.91 Å². The minimum atomic E-state index is -1.65. The number of rotatable bonds is 7. The fourth-order valence-corrected chi connectivity index (χ4v) is 2.83. The molecule has 0 aliphatic carbocycles. The third-order valence-corrected chi connectivity index (χ3v) is 4.68. The number of nitrogens with one attached hydrogen (secondary N) is 1. The highest BCUT2D eigenvalue weighted by molar-refractivity contribution is 6.04. The summed E-state index contributed by atoms with van der Waals surface area (Å²) in [6, 6.07) is 6.85. The number of nitrogens with two attached hydrogens (primary N) is 1. The molecule has 0 aliphatic rings. The first-order chi connectivity index (χ1) is 14.2. The van der Waals surface area contributed by atoms with Crippen molar-refractivity contribution in [3.8, 4) is 5.75 Å². The van der Waals surface area contributed by atoms with Crippen molar-refractivity contribution in [1.82, 2.24) is 14.9 Å². The quantitative estimate of drug-likeness (QED) is 0.537. The molecule has 3 rings (SSSR count). The maximum atomic E-state index is 13.8. The van der Waals surface area contributed by atoms with E-state index < -0.39 is 35.6 Å². The van der Waals surface area contributed by atoms with E-state index >= 15 is 0 Å². The smallest absolute Gasteiger partial charge is 0.256 e. The van der Waals surface area contributed by atoms with E-state index in [0.717, 1.165) is 6.07 Å². The number of carbonyl (C=O) groups excluding carboxylic acids is 2. The topological polar surface area (TPSA) is 119 Å². The summed E-state index contributed by atoms with van der Waals surface area (Å²) in [6.45, 7) is 2.00. The van der Waals surface area contributed by atoms with Gasteiger partial charge in [-0.25, -0.2) is 13.3 Å². The van der Waals surface area contributed by atoms with E-state index in [1.54, 1.807) is 13.0 Å². The van der Waals surface area contributed by atoms with E-state index in [4.69, 9.17) is 10.5 Å². The van der Waals surface area contributed by atoms with Crippen LogP contribution in [0.25, 0.3) is 5.52 Å². The van der Waals surface area contributed by atoms with Crippen LogP contribution in [0.4, 0.5) is 8.78 Å². The second kappa shape index (κ2) is 8.07. The molecule has 1 atom stereocenters. The lowest BCUT2D eigenvalue weighted by Gasteiger charge is -2.24. The summed E-state index contributed by atoms with van der Waals surface area (Å²) >= 11 is 0. The Morgan fingerprint density at radius 2 is 2.07 bits per heavy atom. The number of aryl methyl sites for hydroxylation is 1. The second-order valence-electron chi connectivity index (χ2n) is 6.96. The molecule has 158 valence electrons. The molecule has 0 fully saturated rings. The number of nitrogens with zero attached hydrogens (tertiary/aromatic N) is 2. The number of halogens is 2. The fraction of sp³-hybridized carbons (Fsp3) is 0.250. The molecule has 0 saturated heterocycles. The van der Waals surface area contributed by atoms with Gasteiger partial charge in [0.05, 0.1) is 23.4 Å². The lowest BCUT2D eigenvalue weighted by atomic mass is 10.0. The monoisotopic (exact) mass is 418 g/mol. The summed E-state index contributed by atoms with van der Waals surface area (Å²) in [4.78, 5) is 24.4. The third kappa shape index (κ3) is 3.94. The molecule has 0 spiro atoms. The van der Waals surface area contributed by atoms with Gasteiger partial charge in [0.1, 0.15) is 17.9 Å². The van der Waals surface area contributed by atoms with Gasteiger partial charge in [-0.1, -0.05) is 12.1 Å². The number of hydrogen-bond acceptors (Lipinski definition) is 5. The third-order valence-electron chi connectivity index (χ3n) is 4.68. The number of hydrogen-bond donors (Lipinski definition) is 3. The zero-order valence-electron chi connectivity index (χ0n) is 16.3. The van der Waals surface area contributed by atoms with Gasteiger partial charge in [0.25, 0.3) is 5.91 Å². The largest absolute Gasteiger partial charge is 0.489 e. The fourth-order valence-electron chi connectivity index (χ4n) is 2.83. The van der Waals surface area contributed by atoms with Gasteiger partial charge < -0.3 is 20.9 Å². The molecule has 2 amide bonds. The number of ether oxygens (including phenoxy) is 1. The number of aliphatic hydroxyl groups excluding tert-OH is 1. The molecule has 2 aromatic heterocycles. The number of primary amides is 1. The van der Waals surface area contributed by atoms with E-state index in [2.05, 4.69) is 10.4 Å². The predicted molar refractivity (Wildman–Crippen MR) is 103 cm³/mol. The van der Waals surface area contributed by atoms with Crippen LogP contribution in [0.3, 0.4) is 0 Å². The predicted octanol–water partition coefficient (Wildman–Crippen LogP) is 1.47. The van der Waals surface area contributed by atoms with Crippen LogP contribution in [-0.2, 0) is 11.4 Å². The van der Waals surface area contributed by atoms with Gasteiger partial charge in [-0.15, -0.1) is 0 Å². The first-order valence-corrected chi connectivity index (χ1v) is 8.94. The van der Waals surface area contributed by atoms with Crippen molar-refractivity contribution in [3.63, 3.8) is 0 Å². The van der Waals surface area contributed by atoms with Crippen LogP contribution in [0.5, 0.6) is 5.75 Å². The average molecular weight is 418 g/mol. The molecule has 3 aromatic rings. The van der Waals surface area contributed by atoms with E-state index in [1.807, 2.05) is 0 Å². The van der Waals surface area contributed by atoms with Crippen LogP contribution < -0.4 is 15.8 Å². The maximum Gasteiger partial charge on any atom is 0.256 e. The van der Waals surface area contributed by atoms with Gasteiger partial charge in [0, 0.05) is 17.8 Å². The first-order valence-electron chi connectivity index (χ1n) is 8.94. The Morgan fingerprint density at radius 3 is 2.73 bits per heavy atom. The number of pyridine rings is 1. The minimum Gasteiger partial charge on any atom is -0.489 e. The Hall–Kier alpha value is -3.53. The van der Waals surface area contributed by atoms with Crippen molar-refractivity contribution in [1.29, 1.82) is 0 Å². The van der Waals surface area contributed by atoms with Crippen molar-refractivity contribution < 1.29 is 28.2 Å². The van der Waals surface area contributed by atoms with Crippen LogP contribution in [0.2, 0.25) is 0 Å². The van der Waals surface area contributed by atoms with E-state index in [0.29, 0.717) is 17.0 Å². The Balaban J connectivity index is 1.90. The maximum absolute atomic E-state index is 13.8. The molecular weight excluding hydrogens is 398 g/mol. The normalized spacial score (nSPS) is 13.1. The SMILES string of the molecule is Cc1nn2ccc(OCc3cccc(F)c3F)cc2c1C(=O)NC(C)(CO)C(N)=O. The Kier molecular flexibility index (Phi) is 5.70. The second-order valence-corrected chi connectivity index (χ2v) is 6.96. The van der Waals surface area contributed by atoms with Crippen molar-refractivity contribution in [3.05, 3.63) is 65.0 Å². The Morgan fingerprint density at radius 1 is 1.33 bits per heavy atom. The van der Waals surface area contributed by atoms with Crippen LogP contribution in [-0.4, -0.2) is 38.7 Å². The summed E-state index contributed by atoms with van der Waals surface area (Å²) < 4.78 is 34.1. The Bertz CT molecular complexity index is 1130. The van der Waals surface area contributed by atoms with Gasteiger partial charge in [0.15, 0.2) is 11.6 Å². The average Bonchev–Trinajstić information content (AvgIpc) is 3.03. The molecule has 10 heteroatoms. The van der Waals surface area contributed by atoms with Crippen molar-refractivity contribution >= 4 is 17.3 Å². The molecule has 2 heterocycles. The molecular formula is C20H20F2N4O4. The number of amides is 2. The summed E-state index contributed by atoms with van der Waals surface area (Å²) in [5.41, 5.74) is 4.52. The van der Waals surface area contributed by atoms with Crippen LogP contribution in [0, 0.1) is 18.6 Å². The summed E-state index contributed by atoms with van der Waals surface area (Å²) in [6.07, 6.45) is 1.54. The van der Waals surface area contributed by atoms with Crippen LogP contribution in [0.1, 0.15) is 28.5 Å². The minimum absolute atomic E-state index is 0.0395. The van der Waals surface area contributed by atoms with Crippen molar-refractivity contribution in [2.45, 2.75) is 26.0 Å². The van der Waals surface area contributed by atoms with Crippen molar-refractivity contribution in [2.24, 2.45) is 5.73 Å². The Labute approximate surface area is 170 Å². The number of fused-ring (bicyclic) bond motifs is 1. The molecule has 30 heavy (non-hydrogen) atoms. The molecule has 0 radical (unpaired) electrons. The lowest BCUT2D eigenvalue weighted by molar-refractivity contribution is -0.124. The van der Waals surface area contributed by atoms with Gasteiger partial charge >= 0.3 is 0 Å². The molecule has 1 unspecified atom stereocenters. The highest BCUT2D eigenvalue weighted by Crippen LogP contribution is 2.23. The summed E-state index contributed by atoms with van der Waals surface area (Å²) in [5, 5.41) is 16.1. The van der Waals surface area contributed by atoms with E-state index in [1.165, 1.54) is 35.8 Å². The van der Waals surface area contributed by atoms with Crippen LogP contribution in [0.15, 0.2) is 36.5 Å². The molecule has 8 nitrogen and oxygen atoms in total. The molecule has 4 N–H and O–H groups in total. The zero-order valence-corrected chi connectivity index (χ0v) is 16.3. The molecule has 0 saturated carbocycles. The molecule has 1 aromatic carbocycles. The van der Waals surface area contributed by atoms with Crippen LogP contribution >= 0.6 is 0 Å². The summed E-state index contributed by atoms with van der Waals surface area (Å²) in [7, 11) is 0. The van der Waals surface area contributed by atoms with Crippen molar-refractivity contribution in [2.75, 3.05) is 6.61 Å². The first kappa shape index (κ1) is 21.2. The summed E-state index contributed by atoms with van der Waals surface area (Å²) in [5.74, 6) is -3.23. The molecule has 0 aliphatic heterocycles. The molecule has 0 bridgehead atoms. The van der Waals surface area contributed by atoms with E-state index in [9.17, 15) is 23.5 Å². The van der Waals surface area contributed by atoms with Gasteiger partial charge in [-0.3, -0.25) is 9.59 Å². The number of aromatic nitrogens is 2. The van der Waals surface area contributed by atoms with E-state index in [-0.39, 0.29) is 17.7 Å². The highest BCUT2D eigenvalue weighted by atomic mass is 19.2. The number of aliphatic hydroxyl groups is 1. The lowest BCUT2D eigenvalue weighted by Crippen LogP contribution is -2.57. The standard InChI is InChI=1S/C20H20F2N4O4/c1-11-16(18(28)24-20(2,10-27)19(23)29)15-8-13(6-7-26(15)25-11)30-9-12-4-3-5-14(21)17(12)22/h3-8,27H,9-10H2,1-2H3,(H2,23,29)(H,24,28). The highest BCUT2D eigenvalue weighted by Gasteiger charge is 2.34. The van der Waals surface area contributed by atoms with Gasteiger partial charge in [-0.2, -0.15) is 5.10 Å². The number of benzene rings is 1.